The normalized spacial score (nSPS) is 17.0. The summed E-state index contributed by atoms with van der Waals surface area (Å²) < 4.78 is 5.56. The summed E-state index contributed by atoms with van der Waals surface area (Å²) in [6.45, 7) is 2.82. The fraction of sp³-hybridized carbons (Fsp3) is 0.462. The van der Waals surface area contributed by atoms with Crippen LogP contribution in [-0.4, -0.2) is 30.1 Å². The van der Waals surface area contributed by atoms with Crippen LogP contribution in [0.4, 0.5) is 0 Å². The summed E-state index contributed by atoms with van der Waals surface area (Å²) >= 11 is 0. The second-order valence-corrected chi connectivity index (χ2v) is 4.07. The molecule has 3 heteroatoms. The zero-order chi connectivity index (χ0) is 11.4. The van der Waals surface area contributed by atoms with Crippen molar-refractivity contribution in [1.29, 1.82) is 0 Å². The highest BCUT2D eigenvalue weighted by atomic mass is 16.5. The number of aliphatic hydroxyl groups is 1. The molecule has 3 nitrogen and oxygen atoms in total. The molecular weight excluding hydrogens is 202 g/mol. The Kier molecular flexibility index (Phi) is 3.57. The van der Waals surface area contributed by atoms with Gasteiger partial charge < -0.3 is 9.84 Å². The van der Waals surface area contributed by atoms with Gasteiger partial charge in [0.2, 0.25) is 0 Å². The number of hydrogen-bond donors (Lipinski definition) is 1. The quantitative estimate of drug-likeness (QED) is 0.841. The lowest BCUT2D eigenvalue weighted by Gasteiger charge is -2.12. The van der Waals surface area contributed by atoms with E-state index in [1.54, 1.807) is 0 Å². The number of benzene rings is 1. The Balaban J connectivity index is 2.13. The van der Waals surface area contributed by atoms with Gasteiger partial charge in [-0.15, -0.1) is 0 Å². The van der Waals surface area contributed by atoms with Crippen LogP contribution in [0.25, 0.3) is 0 Å². The first-order chi connectivity index (χ1) is 7.79. The van der Waals surface area contributed by atoms with Gasteiger partial charge in [-0.3, -0.25) is 4.99 Å². The van der Waals surface area contributed by atoms with E-state index in [0.29, 0.717) is 0 Å². The molecule has 86 valence electrons. The topological polar surface area (TPSA) is 41.8 Å². The summed E-state index contributed by atoms with van der Waals surface area (Å²) in [6.07, 6.45) is 2.03. The van der Waals surface area contributed by atoms with Crippen molar-refractivity contribution in [1.82, 2.24) is 0 Å². The molecule has 0 saturated heterocycles. The van der Waals surface area contributed by atoms with Gasteiger partial charge in [-0.25, -0.2) is 0 Å². The maximum absolute atomic E-state index is 8.93. The standard InChI is InChI=1S/C13H17NO2/c1-10(9-15)16-12-5-2-4-11(8-12)13-6-3-7-14-13/h2,4-5,8,10,15H,3,6-7,9H2,1H3. The highest BCUT2D eigenvalue weighted by Gasteiger charge is 2.10. The van der Waals surface area contributed by atoms with Gasteiger partial charge in [-0.2, -0.15) is 0 Å². The van der Waals surface area contributed by atoms with Gasteiger partial charge in [0.1, 0.15) is 11.9 Å². The Morgan fingerprint density at radius 2 is 2.38 bits per heavy atom. The third-order valence-corrected chi connectivity index (χ3v) is 2.64. The molecule has 0 radical (unpaired) electrons. The highest BCUT2D eigenvalue weighted by Crippen LogP contribution is 2.19. The first-order valence-electron chi connectivity index (χ1n) is 5.71. The second-order valence-electron chi connectivity index (χ2n) is 4.07. The second kappa shape index (κ2) is 5.12. The van der Waals surface area contributed by atoms with E-state index >= 15 is 0 Å². The van der Waals surface area contributed by atoms with Crippen LogP contribution < -0.4 is 4.74 Å². The molecule has 1 aliphatic heterocycles. The molecule has 0 saturated carbocycles. The van der Waals surface area contributed by atoms with Gasteiger partial charge >= 0.3 is 0 Å². The van der Waals surface area contributed by atoms with Crippen molar-refractivity contribution in [2.45, 2.75) is 25.9 Å². The zero-order valence-corrected chi connectivity index (χ0v) is 9.52. The number of hydrogen-bond acceptors (Lipinski definition) is 3. The number of nitrogens with zero attached hydrogens (tertiary/aromatic N) is 1. The van der Waals surface area contributed by atoms with Gasteiger partial charge in [0.05, 0.1) is 6.61 Å². The molecule has 0 bridgehead atoms. The molecule has 0 aliphatic carbocycles. The minimum Gasteiger partial charge on any atom is -0.488 e. The lowest BCUT2D eigenvalue weighted by Crippen LogP contribution is -2.16. The molecule has 16 heavy (non-hydrogen) atoms. The van der Waals surface area contributed by atoms with Crippen LogP contribution in [0.2, 0.25) is 0 Å². The van der Waals surface area contributed by atoms with Crippen molar-refractivity contribution in [3.05, 3.63) is 29.8 Å². The summed E-state index contributed by atoms with van der Waals surface area (Å²) in [5.41, 5.74) is 2.31. The van der Waals surface area contributed by atoms with Crippen LogP contribution in [0.5, 0.6) is 5.75 Å². The maximum atomic E-state index is 8.93. The largest absolute Gasteiger partial charge is 0.488 e. The number of aliphatic hydroxyl groups excluding tert-OH is 1. The van der Waals surface area contributed by atoms with E-state index in [1.165, 1.54) is 5.71 Å². The van der Waals surface area contributed by atoms with Crippen LogP contribution in [0.3, 0.4) is 0 Å². The van der Waals surface area contributed by atoms with Crippen molar-refractivity contribution in [2.75, 3.05) is 13.2 Å². The minimum atomic E-state index is -0.166. The van der Waals surface area contributed by atoms with Crippen LogP contribution in [0.1, 0.15) is 25.3 Å². The van der Waals surface area contributed by atoms with Crippen LogP contribution in [-0.2, 0) is 0 Å². The predicted octanol–water partition coefficient (Wildman–Crippen LogP) is 2.03. The van der Waals surface area contributed by atoms with Crippen molar-refractivity contribution in [3.8, 4) is 5.75 Å². The summed E-state index contributed by atoms with van der Waals surface area (Å²) in [6, 6.07) is 7.93. The monoisotopic (exact) mass is 219 g/mol. The van der Waals surface area contributed by atoms with E-state index in [1.807, 2.05) is 25.1 Å². The highest BCUT2D eigenvalue weighted by molar-refractivity contribution is 6.01. The van der Waals surface area contributed by atoms with Crippen molar-refractivity contribution < 1.29 is 9.84 Å². The first kappa shape index (κ1) is 11.1. The van der Waals surface area contributed by atoms with Gasteiger partial charge in [0.25, 0.3) is 0 Å². The Hall–Kier alpha value is -1.35. The molecule has 1 atom stereocenters. The van der Waals surface area contributed by atoms with Gasteiger partial charge in [0, 0.05) is 12.3 Å². The third kappa shape index (κ3) is 2.61. The van der Waals surface area contributed by atoms with E-state index in [4.69, 9.17) is 9.84 Å². The van der Waals surface area contributed by atoms with Gasteiger partial charge in [-0.05, 0) is 37.5 Å². The Morgan fingerprint density at radius 3 is 3.06 bits per heavy atom. The average molecular weight is 219 g/mol. The smallest absolute Gasteiger partial charge is 0.120 e. The molecule has 0 aromatic heterocycles. The lowest BCUT2D eigenvalue weighted by atomic mass is 10.1. The molecule has 1 heterocycles. The molecule has 1 aliphatic rings. The van der Waals surface area contributed by atoms with Crippen LogP contribution >= 0.6 is 0 Å². The summed E-state index contributed by atoms with van der Waals surface area (Å²) in [7, 11) is 0. The number of aliphatic imine (C=N–C) groups is 1. The SMILES string of the molecule is CC(CO)Oc1cccc(C2=NCCC2)c1. The van der Waals surface area contributed by atoms with E-state index in [9.17, 15) is 0 Å². The summed E-state index contributed by atoms with van der Waals surface area (Å²) in [5.74, 6) is 0.800. The predicted molar refractivity (Wildman–Crippen MR) is 64.3 cm³/mol. The zero-order valence-electron chi connectivity index (χ0n) is 9.52. The summed E-state index contributed by atoms with van der Waals surface area (Å²) in [4.78, 5) is 4.46. The molecule has 1 unspecified atom stereocenters. The average Bonchev–Trinajstić information content (AvgIpc) is 2.83. The Bertz CT molecular complexity index is 387. The minimum absolute atomic E-state index is 0.0329. The van der Waals surface area contributed by atoms with E-state index in [2.05, 4.69) is 11.1 Å². The molecular formula is C13H17NO2. The summed E-state index contributed by atoms with van der Waals surface area (Å²) in [5, 5.41) is 8.93. The van der Waals surface area contributed by atoms with Crippen molar-refractivity contribution in [3.63, 3.8) is 0 Å². The maximum Gasteiger partial charge on any atom is 0.120 e. The van der Waals surface area contributed by atoms with Crippen molar-refractivity contribution in [2.24, 2.45) is 4.99 Å². The molecule has 1 aromatic carbocycles. The number of ether oxygens (including phenoxy) is 1. The Morgan fingerprint density at radius 1 is 1.50 bits per heavy atom. The van der Waals surface area contributed by atoms with E-state index in [-0.39, 0.29) is 12.7 Å². The lowest BCUT2D eigenvalue weighted by molar-refractivity contribution is 0.129. The van der Waals surface area contributed by atoms with E-state index < -0.39 is 0 Å². The Labute approximate surface area is 95.8 Å². The first-order valence-corrected chi connectivity index (χ1v) is 5.71. The van der Waals surface area contributed by atoms with Crippen molar-refractivity contribution >= 4 is 5.71 Å². The van der Waals surface area contributed by atoms with Crippen LogP contribution in [0.15, 0.2) is 29.3 Å². The molecule has 2 rings (SSSR count). The molecule has 0 spiro atoms. The molecule has 0 fully saturated rings. The number of rotatable bonds is 4. The fourth-order valence-electron chi connectivity index (χ4n) is 1.79. The van der Waals surface area contributed by atoms with Gasteiger partial charge in [0.15, 0.2) is 0 Å². The van der Waals surface area contributed by atoms with Crippen LogP contribution in [0, 0.1) is 0 Å². The molecule has 0 amide bonds. The fourth-order valence-corrected chi connectivity index (χ4v) is 1.79. The molecule has 1 aromatic rings. The van der Waals surface area contributed by atoms with Gasteiger partial charge in [-0.1, -0.05) is 12.1 Å². The third-order valence-electron chi connectivity index (χ3n) is 2.64. The van der Waals surface area contributed by atoms with E-state index in [0.717, 1.165) is 30.7 Å². The molecule has 1 N–H and O–H groups in total.